The summed E-state index contributed by atoms with van der Waals surface area (Å²) in [5.74, 6) is 0.496. The number of hydrogen-bond acceptors (Lipinski definition) is 6. The van der Waals surface area contributed by atoms with Crippen LogP contribution in [0.3, 0.4) is 0 Å². The molecule has 0 atom stereocenters. The van der Waals surface area contributed by atoms with Gasteiger partial charge in [-0.25, -0.2) is 0 Å². The van der Waals surface area contributed by atoms with Gasteiger partial charge in [-0.1, -0.05) is 6.07 Å². The minimum atomic E-state index is -0.504. The number of halogens is 1. The highest BCUT2D eigenvalue weighted by Crippen LogP contribution is 2.37. The summed E-state index contributed by atoms with van der Waals surface area (Å²) in [7, 11) is 0. The van der Waals surface area contributed by atoms with Crippen LogP contribution in [0.1, 0.15) is 5.69 Å². The van der Waals surface area contributed by atoms with Crippen LogP contribution in [0.4, 0.5) is 5.69 Å². The van der Waals surface area contributed by atoms with Crippen molar-refractivity contribution in [3.8, 4) is 11.6 Å². The first-order valence-electron chi connectivity index (χ1n) is 5.78. The van der Waals surface area contributed by atoms with Gasteiger partial charge in [-0.05, 0) is 22.0 Å². The fourth-order valence-electron chi connectivity index (χ4n) is 1.86. The van der Waals surface area contributed by atoms with Gasteiger partial charge in [0.05, 0.1) is 11.5 Å². The SMILES string of the molecule is O=[N+]([O-])c1cccc(Oc2nc3sccn3c2CO)c1Br. The van der Waals surface area contributed by atoms with E-state index in [0.717, 1.165) is 0 Å². The fraction of sp³-hybridized carbons (Fsp3) is 0.0833. The highest BCUT2D eigenvalue weighted by Gasteiger charge is 2.20. The number of rotatable bonds is 4. The molecule has 0 saturated heterocycles. The largest absolute Gasteiger partial charge is 0.436 e. The van der Waals surface area contributed by atoms with Crippen molar-refractivity contribution in [1.82, 2.24) is 9.38 Å². The van der Waals surface area contributed by atoms with Crippen molar-refractivity contribution in [3.05, 3.63) is 50.1 Å². The lowest BCUT2D eigenvalue weighted by molar-refractivity contribution is -0.385. The Morgan fingerprint density at radius 2 is 2.33 bits per heavy atom. The Bertz CT molecular complexity index is 829. The number of nitro groups is 1. The van der Waals surface area contributed by atoms with E-state index in [0.29, 0.717) is 10.7 Å². The molecule has 0 aliphatic carbocycles. The smallest absolute Gasteiger partial charge is 0.287 e. The zero-order valence-electron chi connectivity index (χ0n) is 10.4. The maximum Gasteiger partial charge on any atom is 0.287 e. The van der Waals surface area contributed by atoms with Gasteiger partial charge in [0.2, 0.25) is 5.88 Å². The number of hydrogen-bond donors (Lipinski definition) is 1. The molecule has 0 fully saturated rings. The third-order valence-electron chi connectivity index (χ3n) is 2.82. The van der Waals surface area contributed by atoms with Crippen LogP contribution < -0.4 is 4.74 Å². The summed E-state index contributed by atoms with van der Waals surface area (Å²) in [5.41, 5.74) is 0.392. The summed E-state index contributed by atoms with van der Waals surface area (Å²) in [4.78, 5) is 15.3. The molecule has 1 aromatic carbocycles. The molecule has 0 saturated carbocycles. The van der Waals surface area contributed by atoms with Crippen molar-refractivity contribution in [3.63, 3.8) is 0 Å². The highest BCUT2D eigenvalue weighted by molar-refractivity contribution is 9.10. The van der Waals surface area contributed by atoms with Crippen molar-refractivity contribution in [1.29, 1.82) is 0 Å². The van der Waals surface area contributed by atoms with Crippen LogP contribution in [0.2, 0.25) is 0 Å². The molecule has 21 heavy (non-hydrogen) atoms. The van der Waals surface area contributed by atoms with Gasteiger partial charge in [0.1, 0.15) is 10.2 Å². The summed E-state index contributed by atoms with van der Waals surface area (Å²) in [6.45, 7) is -0.250. The number of benzene rings is 1. The van der Waals surface area contributed by atoms with Crippen LogP contribution in [0.25, 0.3) is 4.96 Å². The molecule has 3 aromatic rings. The van der Waals surface area contributed by atoms with Gasteiger partial charge in [0, 0.05) is 17.6 Å². The third-order valence-corrected chi connectivity index (χ3v) is 4.37. The molecule has 0 unspecified atom stereocenters. The van der Waals surface area contributed by atoms with Crippen molar-refractivity contribution in [2.75, 3.05) is 0 Å². The number of ether oxygens (including phenoxy) is 1. The normalized spacial score (nSPS) is 11.0. The predicted molar refractivity (Wildman–Crippen MR) is 79.9 cm³/mol. The lowest BCUT2D eigenvalue weighted by Crippen LogP contribution is -1.96. The minimum absolute atomic E-state index is 0.0981. The van der Waals surface area contributed by atoms with E-state index < -0.39 is 4.92 Å². The molecule has 0 radical (unpaired) electrons. The summed E-state index contributed by atoms with van der Waals surface area (Å²) in [6.07, 6.45) is 1.77. The van der Waals surface area contributed by atoms with Crippen LogP contribution in [-0.2, 0) is 6.61 Å². The maximum absolute atomic E-state index is 10.9. The van der Waals surface area contributed by atoms with Crippen molar-refractivity contribution >= 4 is 37.9 Å². The summed E-state index contributed by atoms with van der Waals surface area (Å²) < 4.78 is 7.57. The summed E-state index contributed by atoms with van der Waals surface area (Å²) >= 11 is 4.56. The quantitative estimate of drug-likeness (QED) is 0.562. The molecule has 0 aliphatic heterocycles. The zero-order valence-corrected chi connectivity index (χ0v) is 12.8. The first kappa shape index (κ1) is 14.0. The second kappa shape index (κ2) is 5.43. The Labute approximate surface area is 130 Å². The number of aromatic nitrogens is 2. The molecular formula is C12H8BrN3O4S. The van der Waals surface area contributed by atoms with E-state index in [9.17, 15) is 15.2 Å². The standard InChI is InChI=1S/C12H8BrN3O4S/c13-10-7(16(18)19)2-1-3-9(10)20-11-8(6-17)15-4-5-21-12(15)14-11/h1-5,17H,6H2. The molecule has 0 spiro atoms. The molecule has 7 nitrogen and oxygen atoms in total. The Hall–Kier alpha value is -1.97. The molecular weight excluding hydrogens is 362 g/mol. The molecule has 0 bridgehead atoms. The summed E-state index contributed by atoms with van der Waals surface area (Å²) in [6, 6.07) is 4.48. The number of thiazole rings is 1. The van der Waals surface area contributed by atoms with E-state index in [1.165, 1.54) is 23.5 Å². The molecule has 1 N–H and O–H groups in total. The molecule has 2 heterocycles. The van der Waals surface area contributed by atoms with Gasteiger partial charge in [-0.15, -0.1) is 11.3 Å². The number of fused-ring (bicyclic) bond motifs is 1. The lowest BCUT2D eigenvalue weighted by Gasteiger charge is -2.06. The number of aliphatic hydroxyl groups excluding tert-OH is 1. The fourth-order valence-corrected chi connectivity index (χ4v) is 3.08. The summed E-state index contributed by atoms with van der Waals surface area (Å²) in [5, 5.41) is 22.2. The van der Waals surface area contributed by atoms with Gasteiger partial charge < -0.3 is 9.84 Å². The van der Waals surface area contributed by atoms with E-state index >= 15 is 0 Å². The van der Waals surface area contributed by atoms with Crippen molar-refractivity contribution in [2.45, 2.75) is 6.61 Å². The highest BCUT2D eigenvalue weighted by atomic mass is 79.9. The zero-order chi connectivity index (χ0) is 15.0. The van der Waals surface area contributed by atoms with Gasteiger partial charge in [0.15, 0.2) is 10.7 Å². The van der Waals surface area contributed by atoms with Crippen LogP contribution in [0, 0.1) is 10.1 Å². The van der Waals surface area contributed by atoms with Crippen LogP contribution >= 0.6 is 27.3 Å². The number of nitro benzene ring substituents is 1. The topological polar surface area (TPSA) is 89.9 Å². The van der Waals surface area contributed by atoms with E-state index in [2.05, 4.69) is 20.9 Å². The monoisotopic (exact) mass is 369 g/mol. The Morgan fingerprint density at radius 3 is 3.05 bits per heavy atom. The van der Waals surface area contributed by atoms with E-state index in [1.54, 1.807) is 16.7 Å². The first-order valence-corrected chi connectivity index (χ1v) is 7.45. The Kier molecular flexibility index (Phi) is 3.62. The Morgan fingerprint density at radius 1 is 1.52 bits per heavy atom. The molecule has 9 heteroatoms. The van der Waals surface area contributed by atoms with Crippen LogP contribution in [-0.4, -0.2) is 19.4 Å². The van der Waals surface area contributed by atoms with Crippen molar-refractivity contribution < 1.29 is 14.8 Å². The minimum Gasteiger partial charge on any atom is -0.436 e. The Balaban J connectivity index is 2.04. The second-order valence-corrected chi connectivity index (χ2v) is 5.69. The average Bonchev–Trinajstić information content (AvgIpc) is 3.01. The maximum atomic E-state index is 10.9. The molecule has 0 aliphatic rings. The van der Waals surface area contributed by atoms with Gasteiger partial charge in [0.25, 0.3) is 5.69 Å². The third kappa shape index (κ3) is 2.39. The van der Waals surface area contributed by atoms with E-state index in [1.807, 2.05) is 5.38 Å². The van der Waals surface area contributed by atoms with Gasteiger partial charge in [-0.2, -0.15) is 4.98 Å². The molecule has 0 amide bonds. The van der Waals surface area contributed by atoms with Crippen LogP contribution in [0.5, 0.6) is 11.6 Å². The van der Waals surface area contributed by atoms with E-state index in [4.69, 9.17) is 4.74 Å². The number of imidazole rings is 1. The lowest BCUT2D eigenvalue weighted by atomic mass is 10.3. The predicted octanol–water partition coefficient (Wildman–Crippen LogP) is 3.35. The second-order valence-electron chi connectivity index (χ2n) is 4.03. The van der Waals surface area contributed by atoms with E-state index in [-0.39, 0.29) is 28.4 Å². The first-order chi connectivity index (χ1) is 10.1. The van der Waals surface area contributed by atoms with Gasteiger partial charge in [-0.3, -0.25) is 14.5 Å². The average molecular weight is 370 g/mol. The number of nitrogens with zero attached hydrogens (tertiary/aromatic N) is 3. The number of aliphatic hydroxyl groups is 1. The van der Waals surface area contributed by atoms with Gasteiger partial charge >= 0.3 is 0 Å². The molecule has 3 rings (SSSR count). The van der Waals surface area contributed by atoms with Crippen molar-refractivity contribution in [2.24, 2.45) is 0 Å². The molecule has 108 valence electrons. The van der Waals surface area contributed by atoms with Crippen LogP contribution in [0.15, 0.2) is 34.2 Å². The molecule has 2 aromatic heterocycles.